The maximum absolute atomic E-state index is 12.6. The largest absolute Gasteiger partial charge is 0.480 e. The molecule has 0 aliphatic heterocycles. The second-order valence-electron chi connectivity index (χ2n) is 10.6. The lowest BCUT2D eigenvalue weighted by Crippen LogP contribution is -2.54. The summed E-state index contributed by atoms with van der Waals surface area (Å²) < 4.78 is 0. The molecule has 0 saturated carbocycles. The predicted molar refractivity (Wildman–Crippen MR) is 174 cm³/mol. The van der Waals surface area contributed by atoms with Crippen molar-refractivity contribution in [2.24, 2.45) is 11.7 Å². The fourth-order valence-corrected chi connectivity index (χ4v) is 3.80. The van der Waals surface area contributed by atoms with Gasteiger partial charge in [0.25, 0.3) is 0 Å². The van der Waals surface area contributed by atoms with Crippen LogP contribution in [0.15, 0.2) is 0 Å². The molecule has 47 heavy (non-hydrogen) atoms. The molecule has 0 saturated heterocycles. The van der Waals surface area contributed by atoms with Crippen molar-refractivity contribution in [2.75, 3.05) is 37.7 Å². The first-order chi connectivity index (χ1) is 21.9. The molecule has 0 unspecified atom stereocenters. The SMILES string of the molecule is CC(C)C[C@H](NC(=O)[C@@H](N)CS)C(=O)NCC(=O)N[C@@H](C)C(=O)NCC(=O)NCC(=O)N[C@@H](C)C(=O)NCC(=O)N[C@@H](CS)C(=O)O. The van der Waals surface area contributed by atoms with E-state index in [1.807, 2.05) is 13.8 Å². The van der Waals surface area contributed by atoms with Crippen molar-refractivity contribution in [1.82, 2.24) is 42.5 Å². The average molecular weight is 708 g/mol. The highest BCUT2D eigenvalue weighted by atomic mass is 32.1. The maximum Gasteiger partial charge on any atom is 0.327 e. The number of hydrogen-bond donors (Lipinski definition) is 12. The highest BCUT2D eigenvalue weighted by molar-refractivity contribution is 7.80. The van der Waals surface area contributed by atoms with Gasteiger partial charge in [-0.05, 0) is 26.2 Å². The number of carboxylic acids is 1. The van der Waals surface area contributed by atoms with E-state index in [2.05, 4.69) is 67.8 Å². The Kier molecular flexibility index (Phi) is 20.5. The lowest BCUT2D eigenvalue weighted by Gasteiger charge is -2.22. The minimum Gasteiger partial charge on any atom is -0.480 e. The molecule has 0 fully saturated rings. The van der Waals surface area contributed by atoms with Gasteiger partial charge in [-0.1, -0.05) is 13.8 Å². The molecule has 0 aromatic heterocycles. The van der Waals surface area contributed by atoms with Crippen LogP contribution in [0.5, 0.6) is 0 Å². The first kappa shape index (κ1) is 42.9. The van der Waals surface area contributed by atoms with Crippen LogP contribution in [0.2, 0.25) is 0 Å². The van der Waals surface area contributed by atoms with Gasteiger partial charge in [-0.25, -0.2) is 4.79 Å². The van der Waals surface area contributed by atoms with Gasteiger partial charge in [0.05, 0.1) is 32.2 Å². The van der Waals surface area contributed by atoms with Crippen LogP contribution in [-0.2, 0) is 43.2 Å². The average Bonchev–Trinajstić information content (AvgIpc) is 3.01. The van der Waals surface area contributed by atoms with Crippen LogP contribution in [0.3, 0.4) is 0 Å². The summed E-state index contributed by atoms with van der Waals surface area (Å²) in [6.07, 6.45) is 0.282. The van der Waals surface area contributed by atoms with Gasteiger partial charge in [0, 0.05) is 11.5 Å². The number of carbonyl (C=O) groups excluding carboxylic acids is 8. The fourth-order valence-electron chi connectivity index (χ4n) is 3.38. The molecule has 21 heteroatoms. The molecule has 0 heterocycles. The molecule has 266 valence electrons. The monoisotopic (exact) mass is 707 g/mol. The van der Waals surface area contributed by atoms with E-state index in [1.54, 1.807) is 0 Å². The van der Waals surface area contributed by atoms with Crippen LogP contribution in [0, 0.1) is 5.92 Å². The summed E-state index contributed by atoms with van der Waals surface area (Å²) in [6, 6.07) is -5.32. The van der Waals surface area contributed by atoms with Gasteiger partial charge in [-0.2, -0.15) is 25.3 Å². The number of amides is 8. The number of carbonyl (C=O) groups is 9. The van der Waals surface area contributed by atoms with E-state index in [0.29, 0.717) is 0 Å². The van der Waals surface area contributed by atoms with Crippen molar-refractivity contribution >= 4 is 78.5 Å². The summed E-state index contributed by atoms with van der Waals surface area (Å²) in [4.78, 5) is 108. The standard InChI is InChI=1S/C26H45N9O10S2/c1-12(2)5-16(35-24(42)15(27)10-46)25(43)31-8-20(38)33-13(3)22(40)29-6-18(36)28-7-19(37)32-14(4)23(41)30-9-21(39)34-17(11-47)26(44)45/h12-17,46-47H,5-11,27H2,1-4H3,(H,28,36)(H,29,40)(H,30,41)(H,31,43)(H,32,37)(H,33,38)(H,34,39)(H,35,42)(H,44,45)/t13-,14-,15-,16-,17-/m0/s1. The zero-order valence-electron chi connectivity index (χ0n) is 26.5. The summed E-state index contributed by atoms with van der Waals surface area (Å²) in [5.74, 6) is -7.07. The first-order valence-electron chi connectivity index (χ1n) is 14.4. The van der Waals surface area contributed by atoms with E-state index in [9.17, 15) is 43.2 Å². The van der Waals surface area contributed by atoms with Gasteiger partial charge in [0.2, 0.25) is 47.3 Å². The second kappa shape index (κ2) is 22.4. The summed E-state index contributed by atoms with van der Waals surface area (Å²) in [6.45, 7) is 4.17. The topological polar surface area (TPSA) is 296 Å². The molecule has 0 spiro atoms. The second-order valence-corrected chi connectivity index (χ2v) is 11.4. The highest BCUT2D eigenvalue weighted by Gasteiger charge is 2.25. The molecule has 0 aromatic carbocycles. The van der Waals surface area contributed by atoms with Gasteiger partial charge < -0.3 is 53.4 Å². The Bertz CT molecular complexity index is 1160. The van der Waals surface area contributed by atoms with Gasteiger partial charge in [0.1, 0.15) is 24.2 Å². The minimum atomic E-state index is -1.30. The summed E-state index contributed by atoms with van der Waals surface area (Å²) in [5, 5.41) is 27.3. The zero-order chi connectivity index (χ0) is 36.3. The zero-order valence-corrected chi connectivity index (χ0v) is 28.3. The third-order valence-electron chi connectivity index (χ3n) is 5.95. The highest BCUT2D eigenvalue weighted by Crippen LogP contribution is 2.05. The number of nitrogens with one attached hydrogen (secondary N) is 8. The lowest BCUT2D eigenvalue weighted by molar-refractivity contribution is -0.141. The quantitative estimate of drug-likeness (QED) is 0.0501. The summed E-state index contributed by atoms with van der Waals surface area (Å²) in [7, 11) is 0. The molecule has 0 aliphatic rings. The molecular formula is C26H45N9O10S2. The van der Waals surface area contributed by atoms with Crippen LogP contribution < -0.4 is 48.3 Å². The fraction of sp³-hybridized carbons (Fsp3) is 0.654. The number of rotatable bonds is 21. The number of hydrogen-bond acceptors (Lipinski definition) is 12. The summed E-state index contributed by atoms with van der Waals surface area (Å²) in [5.41, 5.74) is 5.64. The molecule has 0 aliphatic carbocycles. The molecule has 8 amide bonds. The minimum absolute atomic E-state index is 0.0321. The van der Waals surface area contributed by atoms with Crippen LogP contribution in [-0.4, -0.2) is 126 Å². The number of nitrogens with two attached hydrogens (primary N) is 1. The number of aliphatic carboxylic acids is 1. The van der Waals surface area contributed by atoms with Crippen molar-refractivity contribution in [2.45, 2.75) is 64.3 Å². The van der Waals surface area contributed by atoms with Crippen molar-refractivity contribution in [1.29, 1.82) is 0 Å². The Balaban J connectivity index is 4.52. The molecule has 11 N–H and O–H groups in total. The van der Waals surface area contributed by atoms with E-state index in [4.69, 9.17) is 10.8 Å². The maximum atomic E-state index is 12.6. The van der Waals surface area contributed by atoms with Crippen LogP contribution in [0.25, 0.3) is 0 Å². The Morgan fingerprint density at radius 3 is 1.40 bits per heavy atom. The Labute approximate surface area is 282 Å². The van der Waals surface area contributed by atoms with Crippen molar-refractivity contribution < 1.29 is 48.3 Å². The molecule has 0 radical (unpaired) electrons. The van der Waals surface area contributed by atoms with Crippen LogP contribution >= 0.6 is 25.3 Å². The van der Waals surface area contributed by atoms with Crippen LogP contribution in [0.4, 0.5) is 0 Å². The lowest BCUT2D eigenvalue weighted by atomic mass is 10.0. The van der Waals surface area contributed by atoms with Gasteiger partial charge in [-0.15, -0.1) is 0 Å². The van der Waals surface area contributed by atoms with Gasteiger partial charge in [0.15, 0.2) is 0 Å². The number of thiol groups is 2. The third kappa shape index (κ3) is 18.6. The van der Waals surface area contributed by atoms with E-state index < -0.39 is 110 Å². The van der Waals surface area contributed by atoms with Crippen molar-refractivity contribution in [3.05, 3.63) is 0 Å². The number of carboxylic acid groups (broad SMARTS) is 1. The molecule has 19 nitrogen and oxygen atoms in total. The molecular weight excluding hydrogens is 662 g/mol. The Hall–Kier alpha value is -4.11. The summed E-state index contributed by atoms with van der Waals surface area (Å²) >= 11 is 7.76. The smallest absolute Gasteiger partial charge is 0.327 e. The third-order valence-corrected chi connectivity index (χ3v) is 6.71. The van der Waals surface area contributed by atoms with E-state index in [1.165, 1.54) is 13.8 Å². The van der Waals surface area contributed by atoms with Gasteiger partial charge in [-0.3, -0.25) is 38.4 Å². The first-order valence-corrected chi connectivity index (χ1v) is 15.7. The molecule has 5 atom stereocenters. The normalized spacial score (nSPS) is 13.8. The van der Waals surface area contributed by atoms with Crippen molar-refractivity contribution in [3.8, 4) is 0 Å². The van der Waals surface area contributed by atoms with E-state index in [-0.39, 0.29) is 23.8 Å². The Morgan fingerprint density at radius 1 is 0.553 bits per heavy atom. The van der Waals surface area contributed by atoms with E-state index in [0.717, 1.165) is 0 Å². The van der Waals surface area contributed by atoms with Gasteiger partial charge >= 0.3 is 5.97 Å². The van der Waals surface area contributed by atoms with E-state index >= 15 is 0 Å². The molecule has 0 rings (SSSR count). The predicted octanol–water partition coefficient (Wildman–Crippen LogP) is -5.25. The Morgan fingerprint density at radius 2 is 0.979 bits per heavy atom. The van der Waals surface area contributed by atoms with Crippen LogP contribution in [0.1, 0.15) is 34.1 Å². The molecule has 0 bridgehead atoms. The van der Waals surface area contributed by atoms with Crippen molar-refractivity contribution in [3.63, 3.8) is 0 Å². The molecule has 0 aromatic rings.